The molecule has 6 nitrogen and oxygen atoms in total. The van der Waals surface area contributed by atoms with Crippen molar-refractivity contribution in [2.75, 3.05) is 44.7 Å². The Balaban J connectivity index is 1.60. The third-order valence-corrected chi connectivity index (χ3v) is 4.75. The van der Waals surface area contributed by atoms with Crippen LogP contribution in [-0.4, -0.2) is 60.5 Å². The molecule has 1 aliphatic rings. The number of amides is 1. The SMILES string of the molecule is Cc1nc(C(=O)NCCc2ccc(Cl)cc2)cc(N2CCN(C)CC2)n1. The fourth-order valence-corrected chi connectivity index (χ4v) is 3.05. The Kier molecular flexibility index (Phi) is 6.06. The molecule has 0 radical (unpaired) electrons. The monoisotopic (exact) mass is 373 g/mol. The van der Waals surface area contributed by atoms with Crippen LogP contribution < -0.4 is 10.2 Å². The van der Waals surface area contributed by atoms with E-state index in [1.165, 1.54) is 0 Å². The lowest BCUT2D eigenvalue weighted by molar-refractivity contribution is 0.0948. The number of anilines is 1. The Hall–Kier alpha value is -2.18. The molecule has 26 heavy (non-hydrogen) atoms. The van der Waals surface area contributed by atoms with Gasteiger partial charge in [0.05, 0.1) is 0 Å². The van der Waals surface area contributed by atoms with Gasteiger partial charge in [-0.1, -0.05) is 23.7 Å². The highest BCUT2D eigenvalue weighted by atomic mass is 35.5. The predicted molar refractivity (Wildman–Crippen MR) is 104 cm³/mol. The van der Waals surface area contributed by atoms with Gasteiger partial charge in [-0.15, -0.1) is 0 Å². The minimum Gasteiger partial charge on any atom is -0.354 e. The molecule has 1 amide bonds. The smallest absolute Gasteiger partial charge is 0.270 e. The van der Waals surface area contributed by atoms with E-state index < -0.39 is 0 Å². The molecule has 0 spiro atoms. The van der Waals surface area contributed by atoms with Crippen molar-refractivity contribution in [3.8, 4) is 0 Å². The van der Waals surface area contributed by atoms with E-state index in [4.69, 9.17) is 11.6 Å². The Morgan fingerprint density at radius 2 is 1.85 bits per heavy atom. The molecule has 1 aromatic heterocycles. The number of piperazine rings is 1. The number of nitrogens with one attached hydrogen (secondary N) is 1. The fraction of sp³-hybridized carbons (Fsp3) is 0.421. The van der Waals surface area contributed by atoms with Crippen LogP contribution in [0.1, 0.15) is 21.9 Å². The number of aromatic nitrogens is 2. The van der Waals surface area contributed by atoms with Crippen LogP contribution in [0, 0.1) is 6.92 Å². The van der Waals surface area contributed by atoms with Crippen molar-refractivity contribution in [2.45, 2.75) is 13.3 Å². The summed E-state index contributed by atoms with van der Waals surface area (Å²) in [5.41, 5.74) is 1.55. The lowest BCUT2D eigenvalue weighted by Crippen LogP contribution is -2.45. The molecular weight excluding hydrogens is 350 g/mol. The normalized spacial score (nSPS) is 15.1. The minimum absolute atomic E-state index is 0.167. The summed E-state index contributed by atoms with van der Waals surface area (Å²) in [5.74, 6) is 1.28. The maximum atomic E-state index is 12.5. The Bertz CT molecular complexity index is 757. The van der Waals surface area contributed by atoms with Gasteiger partial charge in [0, 0.05) is 43.8 Å². The Morgan fingerprint density at radius 3 is 2.54 bits per heavy atom. The molecule has 1 N–H and O–H groups in total. The van der Waals surface area contributed by atoms with Gasteiger partial charge in [-0.2, -0.15) is 0 Å². The van der Waals surface area contributed by atoms with Gasteiger partial charge in [0.25, 0.3) is 5.91 Å². The third-order valence-electron chi connectivity index (χ3n) is 4.50. The zero-order valence-electron chi connectivity index (χ0n) is 15.2. The number of hydrogen-bond acceptors (Lipinski definition) is 5. The lowest BCUT2D eigenvalue weighted by atomic mass is 10.1. The molecule has 1 saturated heterocycles. The number of halogens is 1. The van der Waals surface area contributed by atoms with Crippen LogP contribution in [0.5, 0.6) is 0 Å². The van der Waals surface area contributed by atoms with Crippen molar-refractivity contribution in [3.63, 3.8) is 0 Å². The van der Waals surface area contributed by atoms with Crippen LogP contribution in [0.2, 0.25) is 5.02 Å². The first kappa shape index (κ1) is 18.6. The van der Waals surface area contributed by atoms with Gasteiger partial charge in [0.15, 0.2) is 0 Å². The summed E-state index contributed by atoms with van der Waals surface area (Å²) < 4.78 is 0. The second-order valence-electron chi connectivity index (χ2n) is 6.58. The van der Waals surface area contributed by atoms with E-state index in [9.17, 15) is 4.79 Å². The minimum atomic E-state index is -0.167. The highest BCUT2D eigenvalue weighted by Crippen LogP contribution is 2.15. The van der Waals surface area contributed by atoms with Gasteiger partial charge >= 0.3 is 0 Å². The van der Waals surface area contributed by atoms with E-state index >= 15 is 0 Å². The van der Waals surface area contributed by atoms with Gasteiger partial charge < -0.3 is 15.1 Å². The van der Waals surface area contributed by atoms with Crippen molar-refractivity contribution in [1.29, 1.82) is 0 Å². The summed E-state index contributed by atoms with van der Waals surface area (Å²) >= 11 is 5.89. The summed E-state index contributed by atoms with van der Waals surface area (Å²) in [7, 11) is 2.11. The number of carbonyl (C=O) groups excluding carboxylic acids is 1. The van der Waals surface area contributed by atoms with Gasteiger partial charge in [0.2, 0.25) is 0 Å². The zero-order chi connectivity index (χ0) is 18.5. The Labute approximate surface area is 159 Å². The molecule has 0 atom stereocenters. The maximum Gasteiger partial charge on any atom is 0.270 e. The fourth-order valence-electron chi connectivity index (χ4n) is 2.93. The number of benzene rings is 1. The van der Waals surface area contributed by atoms with Crippen molar-refractivity contribution < 1.29 is 4.79 Å². The molecule has 1 aromatic carbocycles. The molecule has 138 valence electrons. The zero-order valence-corrected chi connectivity index (χ0v) is 16.0. The molecule has 1 fully saturated rings. The number of carbonyl (C=O) groups is 1. The molecule has 0 saturated carbocycles. The van der Waals surface area contributed by atoms with Gasteiger partial charge in [-0.3, -0.25) is 4.79 Å². The van der Waals surface area contributed by atoms with Crippen molar-refractivity contribution in [1.82, 2.24) is 20.2 Å². The molecule has 0 aliphatic carbocycles. The number of likely N-dealkylation sites (N-methyl/N-ethyl adjacent to an activating group) is 1. The van der Waals surface area contributed by atoms with E-state index in [1.807, 2.05) is 31.2 Å². The van der Waals surface area contributed by atoms with Crippen molar-refractivity contribution in [2.24, 2.45) is 0 Å². The Morgan fingerprint density at radius 1 is 1.15 bits per heavy atom. The topological polar surface area (TPSA) is 61.4 Å². The molecule has 1 aliphatic heterocycles. The van der Waals surface area contributed by atoms with Crippen molar-refractivity contribution in [3.05, 3.63) is 52.4 Å². The predicted octanol–water partition coefficient (Wildman–Crippen LogP) is 2.16. The third kappa shape index (κ3) is 4.93. The van der Waals surface area contributed by atoms with Gasteiger partial charge in [0.1, 0.15) is 17.3 Å². The van der Waals surface area contributed by atoms with E-state index in [1.54, 1.807) is 6.07 Å². The standard InChI is InChI=1S/C19H24ClN5O/c1-14-22-17(13-18(23-14)25-11-9-24(2)10-12-25)19(26)21-8-7-15-3-5-16(20)6-4-15/h3-6,13H,7-12H2,1-2H3,(H,21,26). The van der Waals surface area contributed by atoms with Crippen LogP contribution in [-0.2, 0) is 6.42 Å². The van der Waals surface area contributed by atoms with Crippen LogP contribution >= 0.6 is 11.6 Å². The molecule has 3 rings (SSSR count). The van der Waals surface area contributed by atoms with E-state index in [0.717, 1.165) is 44.0 Å². The van der Waals surface area contributed by atoms with E-state index in [-0.39, 0.29) is 5.91 Å². The second kappa shape index (κ2) is 8.47. The highest BCUT2D eigenvalue weighted by molar-refractivity contribution is 6.30. The summed E-state index contributed by atoms with van der Waals surface area (Å²) in [6.07, 6.45) is 0.748. The molecule has 0 bridgehead atoms. The summed E-state index contributed by atoms with van der Waals surface area (Å²) in [5, 5.41) is 3.65. The molecule has 7 heteroatoms. The first-order valence-corrected chi connectivity index (χ1v) is 9.21. The molecular formula is C19H24ClN5O. The lowest BCUT2D eigenvalue weighted by Gasteiger charge is -2.33. The highest BCUT2D eigenvalue weighted by Gasteiger charge is 2.18. The largest absolute Gasteiger partial charge is 0.354 e. The van der Waals surface area contributed by atoms with Crippen molar-refractivity contribution >= 4 is 23.3 Å². The first-order valence-electron chi connectivity index (χ1n) is 8.83. The van der Waals surface area contributed by atoms with E-state index in [2.05, 4.69) is 32.1 Å². The number of rotatable bonds is 5. The summed E-state index contributed by atoms with van der Waals surface area (Å²) in [6, 6.07) is 9.43. The molecule has 2 heterocycles. The number of aryl methyl sites for hydroxylation is 1. The second-order valence-corrected chi connectivity index (χ2v) is 7.02. The van der Waals surface area contributed by atoms with Gasteiger partial charge in [-0.05, 0) is 38.1 Å². The summed E-state index contributed by atoms with van der Waals surface area (Å²) in [6.45, 7) is 6.17. The van der Waals surface area contributed by atoms with Gasteiger partial charge in [-0.25, -0.2) is 9.97 Å². The van der Waals surface area contributed by atoms with Crippen LogP contribution in [0.3, 0.4) is 0 Å². The average Bonchev–Trinajstić information content (AvgIpc) is 2.63. The number of hydrogen-bond donors (Lipinski definition) is 1. The summed E-state index contributed by atoms with van der Waals surface area (Å²) in [4.78, 5) is 25.8. The number of nitrogens with zero attached hydrogens (tertiary/aromatic N) is 4. The molecule has 2 aromatic rings. The van der Waals surface area contributed by atoms with E-state index in [0.29, 0.717) is 23.1 Å². The first-order chi connectivity index (χ1) is 12.5. The maximum absolute atomic E-state index is 12.5. The quantitative estimate of drug-likeness (QED) is 0.870. The molecule has 0 unspecified atom stereocenters. The average molecular weight is 374 g/mol. The van der Waals surface area contributed by atoms with Crippen LogP contribution in [0.4, 0.5) is 5.82 Å². The van der Waals surface area contributed by atoms with Crippen LogP contribution in [0.25, 0.3) is 0 Å². The van der Waals surface area contributed by atoms with Crippen LogP contribution in [0.15, 0.2) is 30.3 Å².